The number of halogens is 1. The molecule has 6 nitrogen and oxygen atoms in total. The highest BCUT2D eigenvalue weighted by Crippen LogP contribution is 2.24. The third-order valence-corrected chi connectivity index (χ3v) is 2.54. The maximum Gasteiger partial charge on any atom is 0.318 e. The Labute approximate surface area is 109 Å². The van der Waals surface area contributed by atoms with Crippen LogP contribution >= 0.6 is 11.6 Å². The van der Waals surface area contributed by atoms with Gasteiger partial charge in [-0.2, -0.15) is 4.98 Å². The van der Waals surface area contributed by atoms with Gasteiger partial charge in [0.05, 0.1) is 19.5 Å². The molecule has 7 heteroatoms. The van der Waals surface area contributed by atoms with E-state index in [4.69, 9.17) is 20.8 Å². The van der Waals surface area contributed by atoms with Crippen LogP contribution in [0, 0.1) is 6.92 Å². The second-order valence-electron chi connectivity index (χ2n) is 3.73. The molecule has 2 aromatic heterocycles. The third kappa shape index (κ3) is 2.70. The molecular formula is C11H13ClN4O2. The number of hydrogen-bond donors (Lipinski definition) is 1. The van der Waals surface area contributed by atoms with Crippen molar-refractivity contribution < 1.29 is 9.15 Å². The molecule has 0 amide bonds. The molecule has 0 spiro atoms. The Balaban J connectivity index is 2.18. The summed E-state index contributed by atoms with van der Waals surface area (Å²) in [5.74, 6) is 1.80. The van der Waals surface area contributed by atoms with Crippen molar-refractivity contribution in [3.63, 3.8) is 0 Å². The topological polar surface area (TPSA) is 73.1 Å². The van der Waals surface area contributed by atoms with E-state index in [-0.39, 0.29) is 12.1 Å². The van der Waals surface area contributed by atoms with Gasteiger partial charge < -0.3 is 14.5 Å². The second-order valence-corrected chi connectivity index (χ2v) is 4.14. The van der Waals surface area contributed by atoms with E-state index in [0.717, 1.165) is 5.76 Å². The zero-order valence-corrected chi connectivity index (χ0v) is 11.0. The average molecular weight is 269 g/mol. The van der Waals surface area contributed by atoms with Crippen LogP contribution in [0.1, 0.15) is 24.6 Å². The van der Waals surface area contributed by atoms with Crippen LogP contribution in [-0.4, -0.2) is 22.1 Å². The van der Waals surface area contributed by atoms with Gasteiger partial charge >= 0.3 is 6.01 Å². The van der Waals surface area contributed by atoms with Crippen LogP contribution in [0.15, 0.2) is 16.8 Å². The minimum absolute atomic E-state index is 0.157. The van der Waals surface area contributed by atoms with Crippen molar-refractivity contribution in [3.8, 4) is 6.01 Å². The Morgan fingerprint density at radius 3 is 2.78 bits per heavy atom. The predicted octanol–water partition coefficient (Wildman–Crippen LogP) is 2.61. The number of nitrogens with one attached hydrogen (secondary N) is 1. The van der Waals surface area contributed by atoms with E-state index < -0.39 is 0 Å². The second kappa shape index (κ2) is 5.22. The molecule has 0 bridgehead atoms. The zero-order chi connectivity index (χ0) is 13.1. The molecule has 1 N–H and O–H groups in total. The quantitative estimate of drug-likeness (QED) is 0.919. The molecule has 0 saturated carbocycles. The van der Waals surface area contributed by atoms with E-state index in [0.29, 0.717) is 16.7 Å². The fraction of sp³-hybridized carbons (Fsp3) is 0.364. The number of ether oxygens (including phenoxy) is 1. The van der Waals surface area contributed by atoms with Gasteiger partial charge in [0, 0.05) is 0 Å². The van der Waals surface area contributed by atoms with Crippen molar-refractivity contribution in [3.05, 3.63) is 29.1 Å². The number of oxazole rings is 1. The van der Waals surface area contributed by atoms with Crippen LogP contribution in [0.4, 0.5) is 5.82 Å². The van der Waals surface area contributed by atoms with Crippen molar-refractivity contribution in [1.82, 2.24) is 15.0 Å². The first-order valence-electron chi connectivity index (χ1n) is 5.35. The summed E-state index contributed by atoms with van der Waals surface area (Å²) in [4.78, 5) is 12.2. The number of aryl methyl sites for hydroxylation is 1. The van der Waals surface area contributed by atoms with E-state index in [9.17, 15) is 0 Å². The summed E-state index contributed by atoms with van der Waals surface area (Å²) >= 11 is 6.00. The van der Waals surface area contributed by atoms with E-state index in [2.05, 4.69) is 20.3 Å². The molecular weight excluding hydrogens is 256 g/mol. The molecule has 0 aliphatic heterocycles. The molecule has 2 heterocycles. The minimum atomic E-state index is -0.157. The van der Waals surface area contributed by atoms with Crippen LogP contribution < -0.4 is 10.1 Å². The first-order chi connectivity index (χ1) is 8.60. The SMILES string of the molecule is COc1ncc(Cl)c(NC(C)c2ncc(C)o2)n1. The molecule has 0 saturated heterocycles. The van der Waals surface area contributed by atoms with Crippen LogP contribution in [0.25, 0.3) is 0 Å². The molecule has 0 aromatic carbocycles. The van der Waals surface area contributed by atoms with E-state index in [1.807, 2.05) is 13.8 Å². The van der Waals surface area contributed by atoms with Gasteiger partial charge in [0.1, 0.15) is 16.8 Å². The Morgan fingerprint density at radius 2 is 2.17 bits per heavy atom. The standard InChI is InChI=1S/C11H13ClN4O2/c1-6-4-13-10(18-6)7(2)15-9-8(12)5-14-11(16-9)17-3/h4-5,7H,1-3H3,(H,14,15,16). The summed E-state index contributed by atoms with van der Waals surface area (Å²) in [6.07, 6.45) is 3.14. The highest BCUT2D eigenvalue weighted by molar-refractivity contribution is 6.32. The minimum Gasteiger partial charge on any atom is -0.467 e. The van der Waals surface area contributed by atoms with Crippen LogP contribution in [-0.2, 0) is 0 Å². The Hall–Kier alpha value is -1.82. The largest absolute Gasteiger partial charge is 0.467 e. The van der Waals surface area contributed by atoms with Crippen LogP contribution in [0.2, 0.25) is 5.02 Å². The van der Waals surface area contributed by atoms with E-state index in [1.54, 1.807) is 6.20 Å². The molecule has 0 radical (unpaired) electrons. The van der Waals surface area contributed by atoms with Crippen molar-refractivity contribution in [2.45, 2.75) is 19.9 Å². The number of anilines is 1. The third-order valence-electron chi connectivity index (χ3n) is 2.27. The fourth-order valence-electron chi connectivity index (χ4n) is 1.39. The maximum absolute atomic E-state index is 6.00. The van der Waals surface area contributed by atoms with Gasteiger partial charge in [-0.1, -0.05) is 11.6 Å². The number of nitrogens with zero attached hydrogens (tertiary/aromatic N) is 3. The molecule has 2 rings (SSSR count). The molecule has 0 aliphatic carbocycles. The fourth-order valence-corrected chi connectivity index (χ4v) is 1.54. The Kier molecular flexibility index (Phi) is 3.66. The van der Waals surface area contributed by atoms with Gasteiger partial charge in [-0.25, -0.2) is 9.97 Å². The number of methoxy groups -OCH3 is 1. The first kappa shape index (κ1) is 12.6. The van der Waals surface area contributed by atoms with Gasteiger partial charge in [-0.3, -0.25) is 0 Å². The molecule has 1 unspecified atom stereocenters. The lowest BCUT2D eigenvalue weighted by Crippen LogP contribution is -2.09. The van der Waals surface area contributed by atoms with Crippen molar-refractivity contribution in [2.75, 3.05) is 12.4 Å². The summed E-state index contributed by atoms with van der Waals surface area (Å²) in [5.41, 5.74) is 0. The highest BCUT2D eigenvalue weighted by atomic mass is 35.5. The van der Waals surface area contributed by atoms with Gasteiger partial charge in [0.2, 0.25) is 5.89 Å². The smallest absolute Gasteiger partial charge is 0.318 e. The van der Waals surface area contributed by atoms with E-state index in [1.165, 1.54) is 13.3 Å². The average Bonchev–Trinajstić information content (AvgIpc) is 2.79. The molecule has 1 atom stereocenters. The summed E-state index contributed by atoms with van der Waals surface area (Å²) in [6.45, 7) is 3.74. The summed E-state index contributed by atoms with van der Waals surface area (Å²) < 4.78 is 10.4. The van der Waals surface area contributed by atoms with Crippen molar-refractivity contribution in [1.29, 1.82) is 0 Å². The normalized spacial score (nSPS) is 12.2. The summed E-state index contributed by atoms with van der Waals surface area (Å²) in [7, 11) is 1.49. The van der Waals surface area contributed by atoms with Gasteiger partial charge in [0.25, 0.3) is 0 Å². The van der Waals surface area contributed by atoms with Crippen LogP contribution in [0.5, 0.6) is 6.01 Å². The van der Waals surface area contributed by atoms with E-state index >= 15 is 0 Å². The highest BCUT2D eigenvalue weighted by Gasteiger charge is 2.14. The zero-order valence-electron chi connectivity index (χ0n) is 10.3. The summed E-state index contributed by atoms with van der Waals surface area (Å²) in [5, 5.41) is 3.50. The number of rotatable bonds is 4. The van der Waals surface area contributed by atoms with Crippen LogP contribution in [0.3, 0.4) is 0 Å². The molecule has 2 aromatic rings. The number of aromatic nitrogens is 3. The molecule has 0 aliphatic rings. The van der Waals surface area contributed by atoms with Gasteiger partial charge in [-0.15, -0.1) is 0 Å². The van der Waals surface area contributed by atoms with Crippen molar-refractivity contribution >= 4 is 17.4 Å². The van der Waals surface area contributed by atoms with Gasteiger partial charge in [0.15, 0.2) is 5.82 Å². The predicted molar refractivity (Wildman–Crippen MR) is 66.9 cm³/mol. The Morgan fingerprint density at radius 1 is 1.39 bits per heavy atom. The first-order valence-corrected chi connectivity index (χ1v) is 5.73. The lowest BCUT2D eigenvalue weighted by atomic mass is 10.3. The molecule has 96 valence electrons. The monoisotopic (exact) mass is 268 g/mol. The Bertz CT molecular complexity index is 544. The lowest BCUT2D eigenvalue weighted by molar-refractivity contribution is 0.380. The van der Waals surface area contributed by atoms with Crippen molar-refractivity contribution in [2.24, 2.45) is 0 Å². The molecule has 0 fully saturated rings. The maximum atomic E-state index is 6.00. The summed E-state index contributed by atoms with van der Waals surface area (Å²) in [6, 6.07) is 0.0912. The molecule has 18 heavy (non-hydrogen) atoms. The number of hydrogen-bond acceptors (Lipinski definition) is 6. The van der Waals surface area contributed by atoms with Gasteiger partial charge in [-0.05, 0) is 13.8 Å². The lowest BCUT2D eigenvalue weighted by Gasteiger charge is -2.12.